The summed E-state index contributed by atoms with van der Waals surface area (Å²) < 4.78 is 0. The molecular weight excluding hydrogens is 183 g/mol. The normalized spacial score (nSPS) is 7.50. The Morgan fingerprint density at radius 2 is 0.750 bits per heavy atom. The zero-order chi connectivity index (χ0) is 4.50. The molecule has 0 unspecified atom stereocenters. The van der Waals surface area contributed by atoms with Crippen LogP contribution < -0.4 is 19.2 Å². The first-order valence-electron chi connectivity index (χ1n) is 0.816. The predicted octanol–water partition coefficient (Wildman–Crippen LogP) is -6.28. The van der Waals surface area contributed by atoms with E-state index in [0.29, 0.717) is 0 Å². The first-order valence-corrected chi connectivity index (χ1v) is 2.45. The molecule has 0 heterocycles. The van der Waals surface area contributed by atoms with Gasteiger partial charge in [-0.25, -0.2) is 0 Å². The van der Waals surface area contributed by atoms with Gasteiger partial charge in [0.1, 0.15) is 0 Å². The molecule has 0 N–H and O–H groups in total. The molecule has 0 amide bonds. The largest absolute Gasteiger partial charge is 2.00 e. The van der Waals surface area contributed by atoms with E-state index in [4.69, 9.17) is 19.2 Å². The van der Waals surface area contributed by atoms with Crippen molar-refractivity contribution >= 4 is 92.9 Å². The Labute approximate surface area is 110 Å². The van der Waals surface area contributed by atoms with Crippen LogP contribution in [0.2, 0.25) is 0 Å². The molecule has 0 bridgehead atoms. The van der Waals surface area contributed by atoms with Crippen LogP contribution in [0.5, 0.6) is 0 Å². The van der Waals surface area contributed by atoms with Crippen molar-refractivity contribution in [2.45, 2.75) is 0 Å². The summed E-state index contributed by atoms with van der Waals surface area (Å²) in [5.41, 5.74) is 0. The molecule has 0 fully saturated rings. The standard InChI is InChI=1S/B.2Ca.O4Si/c;;;1-5(2,3)4/q;2*+2;-4. The Morgan fingerprint density at radius 1 is 0.750 bits per heavy atom. The van der Waals surface area contributed by atoms with Gasteiger partial charge >= 0.3 is 75.5 Å². The Bertz CT molecular complexity index is 29.5. The van der Waals surface area contributed by atoms with Crippen molar-refractivity contribution in [1.82, 2.24) is 0 Å². The average molecular weight is 183 g/mol. The first-order chi connectivity index (χ1) is 2.00. The van der Waals surface area contributed by atoms with E-state index in [9.17, 15) is 0 Å². The summed E-state index contributed by atoms with van der Waals surface area (Å²) in [4.78, 5) is 34.3. The molecule has 0 atom stereocenters. The maximum Gasteiger partial charge on any atom is 2.00 e. The summed E-state index contributed by atoms with van der Waals surface area (Å²) in [6.45, 7) is 0. The molecule has 0 saturated carbocycles. The predicted molar refractivity (Wildman–Crippen MR) is 23.0 cm³/mol. The second kappa shape index (κ2) is 9.64. The van der Waals surface area contributed by atoms with E-state index in [2.05, 4.69) is 0 Å². The van der Waals surface area contributed by atoms with Crippen molar-refractivity contribution in [1.29, 1.82) is 0 Å². The summed E-state index contributed by atoms with van der Waals surface area (Å²) in [7, 11) is -5.61. The number of hydrogen-bond acceptors (Lipinski definition) is 4. The van der Waals surface area contributed by atoms with Crippen LogP contribution in [0.3, 0.4) is 0 Å². The zero-order valence-electron chi connectivity index (χ0n) is 4.12. The molecule has 0 aliphatic heterocycles. The van der Waals surface area contributed by atoms with Crippen LogP contribution in [-0.4, -0.2) is 92.9 Å². The van der Waals surface area contributed by atoms with Gasteiger partial charge in [0.2, 0.25) is 0 Å². The molecular formula is BCa2O4Si. The van der Waals surface area contributed by atoms with E-state index >= 15 is 0 Å². The van der Waals surface area contributed by atoms with Gasteiger partial charge in [-0.15, -0.1) is 0 Å². The third kappa shape index (κ3) is 72.3. The summed E-state index contributed by atoms with van der Waals surface area (Å²) in [6.07, 6.45) is 0. The van der Waals surface area contributed by atoms with Gasteiger partial charge in [0, 0.05) is 8.41 Å². The topological polar surface area (TPSA) is 92.2 Å². The van der Waals surface area contributed by atoms with Crippen LogP contribution in [0.4, 0.5) is 0 Å². The van der Waals surface area contributed by atoms with Crippen LogP contribution >= 0.6 is 0 Å². The average Bonchev–Trinajstić information content (AvgIpc) is 0.722. The molecule has 8 heteroatoms. The molecule has 0 aliphatic rings. The van der Waals surface area contributed by atoms with Crippen molar-refractivity contribution in [3.05, 3.63) is 0 Å². The monoisotopic (exact) mass is 183 g/mol. The third-order valence-electron chi connectivity index (χ3n) is 0. The fraction of sp³-hybridized carbons (Fsp3) is 0. The summed E-state index contributed by atoms with van der Waals surface area (Å²) in [5.74, 6) is 0. The van der Waals surface area contributed by atoms with Crippen LogP contribution in [0.1, 0.15) is 0 Å². The number of rotatable bonds is 0. The van der Waals surface area contributed by atoms with E-state index in [1.165, 1.54) is 0 Å². The molecule has 0 rings (SSSR count). The van der Waals surface area contributed by atoms with Gasteiger partial charge in [0.15, 0.2) is 0 Å². The number of hydrogen-bond donors (Lipinski definition) is 0. The van der Waals surface area contributed by atoms with Gasteiger partial charge in [-0.2, -0.15) is 0 Å². The van der Waals surface area contributed by atoms with Crippen LogP contribution in [-0.2, 0) is 0 Å². The van der Waals surface area contributed by atoms with E-state index in [0.717, 1.165) is 0 Å². The molecule has 0 saturated heterocycles. The minimum absolute atomic E-state index is 0. The Hall–Kier alpha value is 2.64. The van der Waals surface area contributed by atoms with Crippen LogP contribution in [0.25, 0.3) is 0 Å². The van der Waals surface area contributed by atoms with Crippen molar-refractivity contribution in [3.8, 4) is 0 Å². The third-order valence-corrected chi connectivity index (χ3v) is 0. The smallest absolute Gasteiger partial charge is 0.894 e. The van der Waals surface area contributed by atoms with E-state index in [-0.39, 0.29) is 83.9 Å². The maximum atomic E-state index is 8.58. The molecule has 0 aliphatic carbocycles. The van der Waals surface area contributed by atoms with Crippen LogP contribution in [0.15, 0.2) is 0 Å². The van der Waals surface area contributed by atoms with Gasteiger partial charge in [0.05, 0.1) is 0 Å². The van der Waals surface area contributed by atoms with Gasteiger partial charge in [-0.3, -0.25) is 0 Å². The minimum atomic E-state index is -5.61. The second-order valence-corrected chi connectivity index (χ2v) is 1.50. The van der Waals surface area contributed by atoms with Gasteiger partial charge in [-0.1, -0.05) is 0 Å². The minimum Gasteiger partial charge on any atom is -0.894 e. The maximum absolute atomic E-state index is 8.58. The van der Waals surface area contributed by atoms with Crippen molar-refractivity contribution in [3.63, 3.8) is 0 Å². The quantitative estimate of drug-likeness (QED) is 0.349. The van der Waals surface area contributed by atoms with Gasteiger partial charge < -0.3 is 28.2 Å². The molecule has 3 radical (unpaired) electrons. The van der Waals surface area contributed by atoms with Crippen molar-refractivity contribution < 1.29 is 19.2 Å². The molecule has 0 aromatic rings. The SMILES string of the molecule is [B].[Ca+2].[Ca+2].[O-][Si]([O-])([O-])[O-]. The molecule has 0 aromatic carbocycles. The van der Waals surface area contributed by atoms with Crippen molar-refractivity contribution in [2.75, 3.05) is 0 Å². The zero-order valence-corrected chi connectivity index (χ0v) is 9.54. The molecule has 0 spiro atoms. The van der Waals surface area contributed by atoms with E-state index in [1.54, 1.807) is 0 Å². The fourth-order valence-electron chi connectivity index (χ4n) is 0. The second-order valence-electron chi connectivity index (χ2n) is 0.500. The molecule has 35 valence electrons. The Balaban J connectivity index is -0.0000000267. The summed E-state index contributed by atoms with van der Waals surface area (Å²) in [6, 6.07) is 0. The summed E-state index contributed by atoms with van der Waals surface area (Å²) in [5, 5.41) is 0. The van der Waals surface area contributed by atoms with Gasteiger partial charge in [0.25, 0.3) is 0 Å². The fourth-order valence-corrected chi connectivity index (χ4v) is 0. The summed E-state index contributed by atoms with van der Waals surface area (Å²) >= 11 is 0. The van der Waals surface area contributed by atoms with Crippen molar-refractivity contribution in [2.24, 2.45) is 0 Å². The molecule has 4 nitrogen and oxygen atoms in total. The Kier molecular flexibility index (Phi) is 27.0. The molecule has 0 aromatic heterocycles. The van der Waals surface area contributed by atoms with Gasteiger partial charge in [-0.05, 0) is 0 Å². The van der Waals surface area contributed by atoms with E-state index < -0.39 is 9.05 Å². The van der Waals surface area contributed by atoms with Crippen LogP contribution in [0, 0.1) is 0 Å². The Morgan fingerprint density at radius 3 is 0.750 bits per heavy atom. The van der Waals surface area contributed by atoms with E-state index in [1.807, 2.05) is 0 Å². The first kappa shape index (κ1) is 22.4. The molecule has 8 heavy (non-hydrogen) atoms.